The van der Waals surface area contributed by atoms with Crippen molar-refractivity contribution in [1.29, 1.82) is 0 Å². The Morgan fingerprint density at radius 1 is 1.07 bits per heavy atom. The molecule has 1 N–H and O–H groups in total. The smallest absolute Gasteiger partial charge is 0.270 e. The molecule has 1 aliphatic heterocycles. The Bertz CT molecular complexity index is 1920. The number of phenols is 1. The van der Waals surface area contributed by atoms with E-state index in [4.69, 9.17) is 13.8 Å². The molecule has 11 heteroatoms. The Morgan fingerprint density at radius 3 is 2.57 bits per heavy atom. The van der Waals surface area contributed by atoms with Crippen molar-refractivity contribution >= 4 is 34.0 Å². The van der Waals surface area contributed by atoms with Crippen LogP contribution in [0, 0.1) is 0 Å². The number of amides is 1. The van der Waals surface area contributed by atoms with E-state index in [-0.39, 0.29) is 28.7 Å². The molecule has 44 heavy (non-hydrogen) atoms. The lowest BCUT2D eigenvalue weighted by atomic mass is 10.0. The Hall–Kier alpha value is -4.64. The van der Waals surface area contributed by atoms with E-state index in [9.17, 15) is 14.7 Å². The standard InChI is InChI=1S/C33H36N6O5/c1-36(2)33(42)25-14-22-18-34-28(35-32(22)39(25)23-6-4-5-7-23)16-21-9-8-20(15-26(21)40)24-19-43-31-27(41)17-29(44-30(24)31)38-12-10-37(3)11-13-38/h8-9,14-15,17-19,23,40H,4-7,10-13,16H2,1-3H3. The molecule has 1 saturated heterocycles. The highest BCUT2D eigenvalue weighted by atomic mass is 16.4. The van der Waals surface area contributed by atoms with Crippen molar-refractivity contribution in [2.75, 3.05) is 52.2 Å². The van der Waals surface area contributed by atoms with Crippen molar-refractivity contribution in [3.8, 4) is 16.9 Å². The molecule has 5 aromatic rings. The van der Waals surface area contributed by atoms with Crippen LogP contribution in [0.25, 0.3) is 33.3 Å². The first-order valence-corrected chi connectivity index (χ1v) is 15.2. The summed E-state index contributed by atoms with van der Waals surface area (Å²) in [6.45, 7) is 3.29. The summed E-state index contributed by atoms with van der Waals surface area (Å²) in [5.41, 5.74) is 3.58. The maximum absolute atomic E-state index is 13.0. The number of likely N-dealkylation sites (N-methyl/N-ethyl adjacent to an activating group) is 1. The molecule has 1 aliphatic carbocycles. The first-order valence-electron chi connectivity index (χ1n) is 15.2. The van der Waals surface area contributed by atoms with E-state index >= 15 is 0 Å². The summed E-state index contributed by atoms with van der Waals surface area (Å²) < 4.78 is 13.9. The zero-order valence-electron chi connectivity index (χ0n) is 25.2. The fraction of sp³-hybridized carbons (Fsp3) is 0.394. The van der Waals surface area contributed by atoms with Crippen LogP contribution in [0.4, 0.5) is 5.88 Å². The second-order valence-corrected chi connectivity index (χ2v) is 12.2. The van der Waals surface area contributed by atoms with Gasteiger partial charge in [-0.3, -0.25) is 9.59 Å². The molecule has 0 radical (unpaired) electrons. The summed E-state index contributed by atoms with van der Waals surface area (Å²) in [5, 5.41) is 11.9. The van der Waals surface area contributed by atoms with Gasteiger partial charge in [-0.1, -0.05) is 25.0 Å². The third-order valence-electron chi connectivity index (χ3n) is 8.93. The molecule has 2 aliphatic rings. The molecule has 11 nitrogen and oxygen atoms in total. The number of fused-ring (bicyclic) bond motifs is 2. The van der Waals surface area contributed by atoms with Gasteiger partial charge in [-0.2, -0.15) is 0 Å². The van der Waals surface area contributed by atoms with E-state index in [0.717, 1.165) is 62.9 Å². The predicted octanol–water partition coefficient (Wildman–Crippen LogP) is 4.66. The minimum absolute atomic E-state index is 0.0528. The topological polar surface area (TPSA) is 121 Å². The molecule has 7 rings (SSSR count). The summed E-state index contributed by atoms with van der Waals surface area (Å²) in [6, 6.07) is 8.95. The second kappa shape index (κ2) is 11.1. The molecule has 0 bridgehead atoms. The van der Waals surface area contributed by atoms with Gasteiger partial charge in [-0.15, -0.1) is 0 Å². The van der Waals surface area contributed by atoms with Crippen LogP contribution in [0.2, 0.25) is 0 Å². The molecular weight excluding hydrogens is 560 g/mol. The zero-order chi connectivity index (χ0) is 30.5. The summed E-state index contributed by atoms with van der Waals surface area (Å²) in [6.07, 6.45) is 7.85. The maximum atomic E-state index is 13.0. The molecule has 4 aromatic heterocycles. The van der Waals surface area contributed by atoms with Crippen molar-refractivity contribution < 1.29 is 18.7 Å². The number of anilines is 1. The van der Waals surface area contributed by atoms with Crippen LogP contribution < -0.4 is 10.3 Å². The lowest BCUT2D eigenvalue weighted by molar-refractivity contribution is 0.0815. The average molecular weight is 597 g/mol. The number of hydrogen-bond donors (Lipinski definition) is 1. The largest absolute Gasteiger partial charge is 0.508 e. The van der Waals surface area contributed by atoms with Crippen molar-refractivity contribution in [3.63, 3.8) is 0 Å². The summed E-state index contributed by atoms with van der Waals surface area (Å²) in [5.74, 6) is 1.10. The van der Waals surface area contributed by atoms with Gasteiger partial charge in [0.2, 0.25) is 11.0 Å². The van der Waals surface area contributed by atoms with Gasteiger partial charge in [0.25, 0.3) is 5.91 Å². The Morgan fingerprint density at radius 2 is 1.84 bits per heavy atom. The van der Waals surface area contributed by atoms with Crippen molar-refractivity contribution in [3.05, 3.63) is 70.1 Å². The van der Waals surface area contributed by atoms with E-state index in [1.165, 1.54) is 12.3 Å². The summed E-state index contributed by atoms with van der Waals surface area (Å²) in [7, 11) is 5.59. The Kier molecular flexibility index (Phi) is 7.12. The number of rotatable bonds is 6. The van der Waals surface area contributed by atoms with Gasteiger partial charge < -0.3 is 33.2 Å². The molecule has 228 valence electrons. The Labute approximate surface area is 254 Å². The number of piperazine rings is 1. The fourth-order valence-corrected chi connectivity index (χ4v) is 6.42. The van der Waals surface area contributed by atoms with Crippen LogP contribution >= 0.6 is 0 Å². The molecule has 0 atom stereocenters. The number of carbonyl (C=O) groups is 1. The van der Waals surface area contributed by atoms with Crippen LogP contribution in [0.3, 0.4) is 0 Å². The molecule has 5 heterocycles. The first kappa shape index (κ1) is 28.1. The number of carbonyl (C=O) groups excluding carboxylic acids is 1. The van der Waals surface area contributed by atoms with Gasteiger partial charge in [-0.25, -0.2) is 9.97 Å². The highest BCUT2D eigenvalue weighted by molar-refractivity contribution is 5.97. The number of phenolic OH excluding ortho intramolecular Hbond substituents is 1. The predicted molar refractivity (Wildman–Crippen MR) is 167 cm³/mol. The number of benzene rings is 1. The van der Waals surface area contributed by atoms with E-state index in [1.54, 1.807) is 31.3 Å². The van der Waals surface area contributed by atoms with E-state index in [0.29, 0.717) is 46.1 Å². The van der Waals surface area contributed by atoms with E-state index in [2.05, 4.69) is 26.4 Å². The van der Waals surface area contributed by atoms with Gasteiger partial charge in [-0.05, 0) is 37.6 Å². The summed E-state index contributed by atoms with van der Waals surface area (Å²) >= 11 is 0. The zero-order valence-corrected chi connectivity index (χ0v) is 25.2. The first-order chi connectivity index (χ1) is 21.3. The molecule has 2 fully saturated rings. The average Bonchev–Trinajstić information content (AvgIpc) is 3.77. The highest BCUT2D eigenvalue weighted by Gasteiger charge is 2.27. The van der Waals surface area contributed by atoms with Crippen LogP contribution in [0.1, 0.15) is 53.6 Å². The van der Waals surface area contributed by atoms with Crippen LogP contribution in [-0.4, -0.2) is 82.7 Å². The van der Waals surface area contributed by atoms with Gasteiger partial charge in [0, 0.05) is 69.9 Å². The minimum Gasteiger partial charge on any atom is -0.508 e. The van der Waals surface area contributed by atoms with Crippen LogP contribution in [-0.2, 0) is 6.42 Å². The number of aromatic nitrogens is 3. The molecule has 1 saturated carbocycles. The fourth-order valence-electron chi connectivity index (χ4n) is 6.42. The van der Waals surface area contributed by atoms with Gasteiger partial charge in [0.15, 0.2) is 11.5 Å². The van der Waals surface area contributed by atoms with Crippen LogP contribution in [0.15, 0.2) is 56.4 Å². The minimum atomic E-state index is -0.238. The summed E-state index contributed by atoms with van der Waals surface area (Å²) in [4.78, 5) is 41.3. The quantitative estimate of drug-likeness (QED) is 0.298. The third kappa shape index (κ3) is 5.00. The normalized spacial score (nSPS) is 16.4. The molecule has 0 spiro atoms. The number of hydrogen-bond acceptors (Lipinski definition) is 9. The third-order valence-corrected chi connectivity index (χ3v) is 8.93. The maximum Gasteiger partial charge on any atom is 0.270 e. The molecular formula is C33H36N6O5. The van der Waals surface area contributed by atoms with Crippen molar-refractivity contribution in [1.82, 2.24) is 24.3 Å². The second-order valence-electron chi connectivity index (χ2n) is 12.2. The lowest BCUT2D eigenvalue weighted by Crippen LogP contribution is -2.44. The molecule has 0 unspecified atom stereocenters. The van der Waals surface area contributed by atoms with Crippen LogP contribution in [0.5, 0.6) is 5.75 Å². The van der Waals surface area contributed by atoms with Gasteiger partial charge in [0.1, 0.15) is 29.2 Å². The van der Waals surface area contributed by atoms with E-state index in [1.807, 2.05) is 18.2 Å². The van der Waals surface area contributed by atoms with Gasteiger partial charge in [0.05, 0.1) is 11.6 Å². The number of furan rings is 1. The Balaban J connectivity index is 1.20. The van der Waals surface area contributed by atoms with Crippen molar-refractivity contribution in [2.45, 2.75) is 38.1 Å². The van der Waals surface area contributed by atoms with Crippen molar-refractivity contribution in [2.24, 2.45) is 0 Å². The molecule has 1 aromatic carbocycles. The van der Waals surface area contributed by atoms with Gasteiger partial charge >= 0.3 is 0 Å². The lowest BCUT2D eigenvalue weighted by Gasteiger charge is -2.32. The number of nitrogens with zero attached hydrogens (tertiary/aromatic N) is 6. The number of aromatic hydroxyl groups is 1. The highest BCUT2D eigenvalue weighted by Crippen LogP contribution is 2.36. The monoisotopic (exact) mass is 596 g/mol. The SMILES string of the molecule is CN1CCN(c2cc(=O)c3occ(-c4ccc(Cc5ncc6cc(C(=O)N(C)C)n(C7CCCC7)c6n5)c(O)c4)c3o2)CC1. The van der Waals surface area contributed by atoms with E-state index < -0.39 is 0 Å². The molecule has 1 amide bonds.